The molecule has 0 N–H and O–H groups in total. The molecular formula is C26H44N2O6S. The number of piperazine rings is 1. The molecule has 3 aliphatic carbocycles. The van der Waals surface area contributed by atoms with E-state index in [1.807, 2.05) is 16.7 Å². The number of carbonyl (C=O) groups excluding carboxylic acids is 2. The summed E-state index contributed by atoms with van der Waals surface area (Å²) in [5.74, 6) is 1.01. The number of hydrogen-bond donors (Lipinski definition) is 0. The van der Waals surface area contributed by atoms with E-state index in [9.17, 15) is 18.0 Å². The van der Waals surface area contributed by atoms with Crippen LogP contribution in [0.15, 0.2) is 0 Å². The van der Waals surface area contributed by atoms with E-state index < -0.39 is 9.84 Å². The van der Waals surface area contributed by atoms with Gasteiger partial charge in [0.05, 0.1) is 23.4 Å². The van der Waals surface area contributed by atoms with Gasteiger partial charge in [0.15, 0.2) is 0 Å². The van der Waals surface area contributed by atoms with Crippen LogP contribution < -0.4 is 0 Å². The molecule has 3 saturated carbocycles. The fourth-order valence-electron chi connectivity index (χ4n) is 7.42. The number of amides is 2. The molecule has 0 spiro atoms. The number of sulfone groups is 1. The normalized spacial score (nSPS) is 38.5. The summed E-state index contributed by atoms with van der Waals surface area (Å²) in [6.07, 6.45) is 10.9. The van der Waals surface area contributed by atoms with Crippen molar-refractivity contribution in [2.45, 2.75) is 120 Å². The second kappa shape index (κ2) is 11.0. The van der Waals surface area contributed by atoms with Crippen molar-refractivity contribution in [3.8, 4) is 0 Å². The van der Waals surface area contributed by atoms with Crippen molar-refractivity contribution in [3.05, 3.63) is 0 Å². The highest BCUT2D eigenvalue weighted by molar-refractivity contribution is 7.91. The first-order chi connectivity index (χ1) is 16.6. The Hall–Kier alpha value is -1.35. The van der Waals surface area contributed by atoms with Crippen LogP contribution in [-0.2, 0) is 24.1 Å². The second-order valence-corrected chi connectivity index (χ2v) is 13.8. The maximum absolute atomic E-state index is 13.4. The van der Waals surface area contributed by atoms with Gasteiger partial charge >= 0.3 is 6.09 Å². The van der Waals surface area contributed by atoms with E-state index in [0.29, 0.717) is 18.4 Å². The molecule has 0 aromatic rings. The molecule has 2 amide bonds. The van der Waals surface area contributed by atoms with Crippen LogP contribution in [0.25, 0.3) is 0 Å². The number of ether oxygens (including phenoxy) is 2. The summed E-state index contributed by atoms with van der Waals surface area (Å²) in [4.78, 5) is 29.9. The van der Waals surface area contributed by atoms with E-state index in [4.69, 9.17) is 9.47 Å². The highest BCUT2D eigenvalue weighted by Gasteiger charge is 2.48. The van der Waals surface area contributed by atoms with Gasteiger partial charge in [0.25, 0.3) is 0 Å². The molecule has 200 valence electrons. The number of rotatable bonds is 4. The Morgan fingerprint density at radius 2 is 1.43 bits per heavy atom. The summed E-state index contributed by atoms with van der Waals surface area (Å²) in [6, 6.07) is -0.0480. The first-order valence-corrected chi connectivity index (χ1v) is 15.5. The van der Waals surface area contributed by atoms with Crippen LogP contribution in [0.5, 0.6) is 0 Å². The van der Waals surface area contributed by atoms with Gasteiger partial charge in [0, 0.05) is 32.9 Å². The molecule has 1 heterocycles. The lowest BCUT2D eigenvalue weighted by molar-refractivity contribution is -0.143. The average Bonchev–Trinajstić information content (AvgIpc) is 2.83. The van der Waals surface area contributed by atoms with E-state index in [1.54, 1.807) is 14.0 Å². The number of carbonyl (C=O) groups is 2. The van der Waals surface area contributed by atoms with Crippen molar-refractivity contribution in [1.82, 2.24) is 9.80 Å². The third-order valence-corrected chi connectivity index (χ3v) is 11.0. The lowest BCUT2D eigenvalue weighted by Crippen LogP contribution is -2.67. The lowest BCUT2D eigenvalue weighted by atomic mass is 9.69. The summed E-state index contributed by atoms with van der Waals surface area (Å²) in [6.45, 7) is 4.16. The summed E-state index contributed by atoms with van der Waals surface area (Å²) >= 11 is 0. The Labute approximate surface area is 211 Å². The predicted octanol–water partition coefficient (Wildman–Crippen LogP) is 3.77. The third-order valence-electron chi connectivity index (χ3n) is 9.33. The number of methoxy groups -OCH3 is 1. The second-order valence-electron chi connectivity index (χ2n) is 11.5. The Kier molecular flexibility index (Phi) is 8.36. The highest BCUT2D eigenvalue weighted by Crippen LogP contribution is 2.43. The quantitative estimate of drug-likeness (QED) is 0.569. The molecule has 0 bridgehead atoms. The van der Waals surface area contributed by atoms with E-state index in [0.717, 1.165) is 70.6 Å². The fourth-order valence-corrected chi connectivity index (χ4v) is 8.55. The molecule has 8 nitrogen and oxygen atoms in total. The van der Waals surface area contributed by atoms with Crippen LogP contribution in [0.4, 0.5) is 4.79 Å². The molecule has 0 radical (unpaired) electrons. The molecule has 4 fully saturated rings. The van der Waals surface area contributed by atoms with Gasteiger partial charge in [-0.1, -0.05) is 0 Å². The smallest absolute Gasteiger partial charge is 0.410 e. The van der Waals surface area contributed by atoms with E-state index in [-0.39, 0.29) is 47.6 Å². The number of fused-ring (bicyclic) bond motifs is 1. The van der Waals surface area contributed by atoms with E-state index in [2.05, 4.69) is 0 Å². The molecule has 1 aliphatic heterocycles. The molecule has 4 rings (SSSR count). The van der Waals surface area contributed by atoms with Crippen molar-refractivity contribution >= 4 is 21.8 Å². The Morgan fingerprint density at radius 3 is 2.00 bits per heavy atom. The van der Waals surface area contributed by atoms with Crippen molar-refractivity contribution < 1.29 is 27.5 Å². The molecule has 0 aromatic carbocycles. The van der Waals surface area contributed by atoms with Crippen LogP contribution in [0.1, 0.15) is 84.5 Å². The molecular weight excluding hydrogens is 468 g/mol. The number of nitrogens with zero attached hydrogens (tertiary/aromatic N) is 2. The molecule has 4 aliphatic rings. The van der Waals surface area contributed by atoms with Gasteiger partial charge in [0.1, 0.15) is 15.9 Å². The molecule has 0 aromatic heterocycles. The summed E-state index contributed by atoms with van der Waals surface area (Å²) in [7, 11) is -1.25. The van der Waals surface area contributed by atoms with Crippen molar-refractivity contribution in [2.24, 2.45) is 11.8 Å². The standard InChI is InChI=1S/C26H44N2O6S/c1-17-16-27(26(30)34-22-10-8-21(33-3)9-11-22)25-15-20(7-14-24(25)28(17)18(2)29)19-5-12-23(13-6-19)35(4,31)32/h17,19-25H,5-16H2,1-4H3/t17-,19?,20?,21?,22?,23?,24?,25?/m0/s1. The van der Waals surface area contributed by atoms with Gasteiger partial charge in [-0.3, -0.25) is 4.79 Å². The molecule has 1 saturated heterocycles. The van der Waals surface area contributed by atoms with Gasteiger partial charge in [-0.2, -0.15) is 0 Å². The Balaban J connectivity index is 1.44. The topological polar surface area (TPSA) is 93.2 Å². The Morgan fingerprint density at radius 1 is 0.829 bits per heavy atom. The maximum Gasteiger partial charge on any atom is 0.410 e. The zero-order chi connectivity index (χ0) is 25.3. The summed E-state index contributed by atoms with van der Waals surface area (Å²) < 4.78 is 35.5. The van der Waals surface area contributed by atoms with Crippen LogP contribution in [0, 0.1) is 11.8 Å². The number of hydrogen-bond acceptors (Lipinski definition) is 6. The zero-order valence-electron chi connectivity index (χ0n) is 21.9. The molecule has 9 heteroatoms. The van der Waals surface area contributed by atoms with Crippen molar-refractivity contribution in [3.63, 3.8) is 0 Å². The van der Waals surface area contributed by atoms with Gasteiger partial charge in [-0.15, -0.1) is 0 Å². The molecule has 35 heavy (non-hydrogen) atoms. The largest absolute Gasteiger partial charge is 0.446 e. The highest BCUT2D eigenvalue weighted by atomic mass is 32.2. The van der Waals surface area contributed by atoms with E-state index >= 15 is 0 Å². The average molecular weight is 513 g/mol. The van der Waals surface area contributed by atoms with Gasteiger partial charge < -0.3 is 19.3 Å². The van der Waals surface area contributed by atoms with Crippen molar-refractivity contribution in [2.75, 3.05) is 19.9 Å². The van der Waals surface area contributed by atoms with E-state index in [1.165, 1.54) is 6.26 Å². The fraction of sp³-hybridized carbons (Fsp3) is 0.923. The molecule has 4 atom stereocenters. The minimum absolute atomic E-state index is 0.0247. The summed E-state index contributed by atoms with van der Waals surface area (Å²) in [5, 5.41) is -0.210. The minimum Gasteiger partial charge on any atom is -0.446 e. The third kappa shape index (κ3) is 5.97. The zero-order valence-corrected chi connectivity index (χ0v) is 22.7. The SMILES string of the molecule is COC1CCC(OC(=O)N2C[C@H](C)N(C(C)=O)C3CCC(C4CCC(S(C)(=O)=O)CC4)CC32)CC1. The van der Waals surface area contributed by atoms with Crippen LogP contribution in [0.2, 0.25) is 0 Å². The monoisotopic (exact) mass is 512 g/mol. The van der Waals surface area contributed by atoms with Gasteiger partial charge in [0.2, 0.25) is 5.91 Å². The first-order valence-electron chi connectivity index (χ1n) is 13.6. The van der Waals surface area contributed by atoms with Gasteiger partial charge in [-0.25, -0.2) is 13.2 Å². The Bertz CT molecular complexity index is 863. The lowest BCUT2D eigenvalue weighted by Gasteiger charge is -2.54. The summed E-state index contributed by atoms with van der Waals surface area (Å²) in [5.41, 5.74) is 0. The van der Waals surface area contributed by atoms with Crippen LogP contribution in [-0.4, -0.2) is 85.7 Å². The predicted molar refractivity (Wildman–Crippen MR) is 134 cm³/mol. The molecule has 3 unspecified atom stereocenters. The minimum atomic E-state index is -2.98. The van der Waals surface area contributed by atoms with Gasteiger partial charge in [-0.05, 0) is 89.4 Å². The van der Waals surface area contributed by atoms with Crippen molar-refractivity contribution in [1.29, 1.82) is 0 Å². The van der Waals surface area contributed by atoms with Crippen LogP contribution >= 0.6 is 0 Å². The van der Waals surface area contributed by atoms with Crippen LogP contribution in [0.3, 0.4) is 0 Å². The maximum atomic E-state index is 13.4. The first kappa shape index (κ1) is 26.7.